The maximum absolute atomic E-state index is 3.62. The van der Waals surface area contributed by atoms with E-state index in [0.29, 0.717) is 0 Å². The number of nitrogens with zero attached hydrogens (tertiary/aromatic N) is 1. The van der Waals surface area contributed by atoms with E-state index in [1.165, 1.54) is 48.7 Å². The Hall–Kier alpha value is -1.98. The molecule has 180 valence electrons. The van der Waals surface area contributed by atoms with Gasteiger partial charge >= 0.3 is 0 Å². The van der Waals surface area contributed by atoms with Crippen molar-refractivity contribution in [2.75, 3.05) is 12.8 Å². The van der Waals surface area contributed by atoms with Crippen molar-refractivity contribution in [2.45, 2.75) is 43.5 Å². The number of aryl methyl sites for hydroxylation is 3. The fraction of sp³-hybridized carbons (Fsp3) is 0.226. The van der Waals surface area contributed by atoms with Crippen molar-refractivity contribution < 1.29 is 0 Å². The first kappa shape index (κ1) is 26.1. The van der Waals surface area contributed by atoms with E-state index < -0.39 is 0 Å². The minimum absolute atomic E-state index is 0.899. The summed E-state index contributed by atoms with van der Waals surface area (Å²) in [6.45, 7) is 8.51. The number of hydrogen-bond donors (Lipinski definition) is 0. The van der Waals surface area contributed by atoms with Crippen molar-refractivity contribution >= 4 is 39.6 Å². The molecule has 0 atom stereocenters. The topological polar surface area (TPSA) is 3.24 Å². The Labute approximate surface area is 227 Å². The van der Waals surface area contributed by atoms with E-state index in [1.807, 2.05) is 11.9 Å². The average molecular weight is 563 g/mol. The van der Waals surface area contributed by atoms with Gasteiger partial charge < -0.3 is 0 Å². The summed E-state index contributed by atoms with van der Waals surface area (Å²) in [4.78, 5) is 2.67. The molecule has 0 aromatic heterocycles. The number of hydrogen-bond acceptors (Lipinski definition) is 3. The van der Waals surface area contributed by atoms with E-state index in [1.54, 1.807) is 11.8 Å². The van der Waals surface area contributed by atoms with Crippen molar-refractivity contribution in [1.29, 1.82) is 0 Å². The average Bonchev–Trinajstić information content (AvgIpc) is 2.85. The van der Waals surface area contributed by atoms with Gasteiger partial charge in [-0.05, 0) is 103 Å². The van der Waals surface area contributed by atoms with Gasteiger partial charge in [0.2, 0.25) is 0 Å². The highest BCUT2D eigenvalue weighted by Crippen LogP contribution is 2.32. The summed E-state index contributed by atoms with van der Waals surface area (Å²) in [6.07, 6.45) is 3.13. The molecule has 0 heterocycles. The lowest BCUT2D eigenvalue weighted by molar-refractivity contribution is 0.470. The highest BCUT2D eigenvalue weighted by atomic mass is 79.9. The monoisotopic (exact) mass is 561 g/mol. The molecular formula is C31H32BrNS2. The second kappa shape index (κ2) is 12.3. The fourth-order valence-corrected chi connectivity index (χ4v) is 6.32. The van der Waals surface area contributed by atoms with Gasteiger partial charge in [0, 0.05) is 27.4 Å². The van der Waals surface area contributed by atoms with Crippen molar-refractivity contribution in [3.8, 4) is 11.1 Å². The van der Waals surface area contributed by atoms with Crippen LogP contribution in [-0.2, 0) is 13.0 Å². The molecule has 0 fully saturated rings. The van der Waals surface area contributed by atoms with Crippen LogP contribution < -0.4 is 0 Å². The van der Waals surface area contributed by atoms with Gasteiger partial charge in [-0.2, -0.15) is 0 Å². The molecule has 4 aromatic rings. The summed E-state index contributed by atoms with van der Waals surface area (Å²) in [5, 5.41) is 0. The zero-order valence-electron chi connectivity index (χ0n) is 20.8. The van der Waals surface area contributed by atoms with E-state index in [9.17, 15) is 0 Å². The van der Waals surface area contributed by atoms with Gasteiger partial charge in [0.15, 0.2) is 0 Å². The quantitative estimate of drug-likeness (QED) is 0.148. The first-order valence-corrected chi connectivity index (χ1v) is 14.7. The van der Waals surface area contributed by atoms with Crippen LogP contribution in [0.1, 0.15) is 27.8 Å². The Balaban J connectivity index is 1.54. The Bertz CT molecular complexity index is 1260. The SMILES string of the molecule is CSc1cccc(-c2ccc(CN(CCc3cccc(Br)c3)Sc3c(C)cc(C)cc3C)cc2)c1. The van der Waals surface area contributed by atoms with Crippen LogP contribution in [-0.4, -0.2) is 17.1 Å². The van der Waals surface area contributed by atoms with Crippen LogP contribution in [0, 0.1) is 20.8 Å². The summed E-state index contributed by atoms with van der Waals surface area (Å²) < 4.78 is 3.65. The largest absolute Gasteiger partial charge is 0.242 e. The van der Waals surface area contributed by atoms with Gasteiger partial charge in [0.25, 0.3) is 0 Å². The molecule has 0 amide bonds. The second-order valence-corrected chi connectivity index (χ2v) is 11.9. The van der Waals surface area contributed by atoms with Gasteiger partial charge in [-0.3, -0.25) is 0 Å². The molecule has 4 rings (SSSR count). The van der Waals surface area contributed by atoms with Crippen molar-refractivity contribution in [2.24, 2.45) is 0 Å². The number of thioether (sulfide) groups is 1. The standard InChI is InChI=1S/C31H32BrNS2/c1-22-17-23(2)31(24(3)18-22)35-33(16-15-25-7-5-9-29(32)19-25)21-26-11-13-27(14-12-26)28-8-6-10-30(20-28)34-4/h5-14,17-20H,15-16,21H2,1-4H3. The minimum Gasteiger partial charge on any atom is -0.242 e. The zero-order chi connectivity index (χ0) is 24.8. The molecule has 35 heavy (non-hydrogen) atoms. The molecular weight excluding hydrogens is 530 g/mol. The predicted octanol–water partition coefficient (Wildman–Crippen LogP) is 9.52. The first-order chi connectivity index (χ1) is 16.9. The molecule has 0 saturated heterocycles. The van der Waals surface area contributed by atoms with Crippen LogP contribution in [0.4, 0.5) is 0 Å². The van der Waals surface area contributed by atoms with Gasteiger partial charge in [-0.15, -0.1) is 11.8 Å². The predicted molar refractivity (Wildman–Crippen MR) is 158 cm³/mol. The maximum atomic E-state index is 3.62. The van der Waals surface area contributed by atoms with Crippen LogP contribution in [0.3, 0.4) is 0 Å². The first-order valence-electron chi connectivity index (χ1n) is 11.9. The molecule has 0 unspecified atom stereocenters. The molecule has 4 heteroatoms. The zero-order valence-corrected chi connectivity index (χ0v) is 24.1. The molecule has 4 aromatic carbocycles. The van der Waals surface area contributed by atoms with Crippen molar-refractivity contribution in [3.63, 3.8) is 0 Å². The fourth-order valence-electron chi connectivity index (χ4n) is 4.35. The van der Waals surface area contributed by atoms with Crippen LogP contribution in [0.15, 0.2) is 99.2 Å². The van der Waals surface area contributed by atoms with Gasteiger partial charge in [0.05, 0.1) is 0 Å². The van der Waals surface area contributed by atoms with E-state index in [2.05, 4.69) is 132 Å². The highest BCUT2D eigenvalue weighted by molar-refractivity contribution is 9.10. The summed E-state index contributed by atoms with van der Waals surface area (Å²) >= 11 is 7.30. The molecule has 0 bridgehead atoms. The van der Waals surface area contributed by atoms with Crippen molar-refractivity contribution in [3.05, 3.63) is 117 Å². The maximum Gasteiger partial charge on any atom is 0.0344 e. The lowest BCUT2D eigenvalue weighted by Crippen LogP contribution is -2.19. The Morgan fingerprint density at radius 2 is 1.46 bits per heavy atom. The second-order valence-electron chi connectivity index (χ2n) is 8.99. The summed E-state index contributed by atoms with van der Waals surface area (Å²) in [7, 11) is 0. The number of rotatable bonds is 9. The van der Waals surface area contributed by atoms with Gasteiger partial charge in [-0.1, -0.05) is 82.2 Å². The van der Waals surface area contributed by atoms with Gasteiger partial charge in [0.1, 0.15) is 0 Å². The molecule has 0 N–H and O–H groups in total. The van der Waals surface area contributed by atoms with E-state index in [4.69, 9.17) is 0 Å². The summed E-state index contributed by atoms with van der Waals surface area (Å²) in [5.41, 5.74) is 9.25. The highest BCUT2D eigenvalue weighted by Gasteiger charge is 2.13. The van der Waals surface area contributed by atoms with Crippen LogP contribution in [0.2, 0.25) is 0 Å². The molecule has 0 aliphatic carbocycles. The summed E-state index contributed by atoms with van der Waals surface area (Å²) in [5.74, 6) is 0. The smallest absolute Gasteiger partial charge is 0.0344 e. The molecule has 0 radical (unpaired) electrons. The van der Waals surface area contributed by atoms with Crippen LogP contribution in [0.25, 0.3) is 11.1 Å². The van der Waals surface area contributed by atoms with E-state index >= 15 is 0 Å². The third kappa shape index (κ3) is 7.27. The Morgan fingerprint density at radius 3 is 2.14 bits per heavy atom. The third-order valence-corrected chi connectivity index (χ3v) is 8.69. The molecule has 0 aliphatic heterocycles. The molecule has 0 saturated carbocycles. The van der Waals surface area contributed by atoms with Crippen molar-refractivity contribution in [1.82, 2.24) is 4.31 Å². The Morgan fingerprint density at radius 1 is 0.743 bits per heavy atom. The lowest BCUT2D eigenvalue weighted by Gasteiger charge is -2.24. The van der Waals surface area contributed by atoms with Crippen LogP contribution >= 0.6 is 39.6 Å². The number of benzene rings is 4. The summed E-state index contributed by atoms with van der Waals surface area (Å²) in [6, 6.07) is 31.1. The molecule has 0 aliphatic rings. The van der Waals surface area contributed by atoms with Crippen LogP contribution in [0.5, 0.6) is 0 Å². The Kier molecular flexibility index (Phi) is 9.18. The lowest BCUT2D eigenvalue weighted by atomic mass is 10.0. The van der Waals surface area contributed by atoms with E-state index in [0.717, 1.165) is 24.0 Å². The minimum atomic E-state index is 0.899. The third-order valence-electron chi connectivity index (χ3n) is 6.08. The molecule has 0 spiro atoms. The normalized spacial score (nSPS) is 11.3. The molecule has 1 nitrogen and oxygen atoms in total. The van der Waals surface area contributed by atoms with E-state index in [-0.39, 0.29) is 0 Å². The van der Waals surface area contributed by atoms with Gasteiger partial charge in [-0.25, -0.2) is 4.31 Å². The number of halogens is 1.